The van der Waals surface area contributed by atoms with E-state index in [1.165, 1.54) is 11.3 Å². The van der Waals surface area contributed by atoms with Gasteiger partial charge in [0.2, 0.25) is 0 Å². The monoisotopic (exact) mass is 445 g/mol. The lowest BCUT2D eigenvalue weighted by Crippen LogP contribution is -2.18. The number of anilines is 1. The normalized spacial score (nSPS) is 12.9. The van der Waals surface area contributed by atoms with Crippen LogP contribution in [-0.4, -0.2) is 26.8 Å². The van der Waals surface area contributed by atoms with Gasteiger partial charge >= 0.3 is 12.1 Å². The second kappa shape index (κ2) is 10.1. The number of amides is 1. The molecular weight excluding hydrogens is 419 g/mol. The number of carboxylic acids is 1. The highest BCUT2D eigenvalue weighted by molar-refractivity contribution is 7.10. The lowest BCUT2D eigenvalue weighted by atomic mass is 9.97. The van der Waals surface area contributed by atoms with Crippen LogP contribution < -0.4 is 5.32 Å². The number of aryl methyl sites for hydroxylation is 1. The zero-order valence-corrected chi connectivity index (χ0v) is 17.9. The average Bonchev–Trinajstić information content (AvgIpc) is 3.24. The molecule has 0 fully saturated rings. The van der Waals surface area contributed by atoms with Gasteiger partial charge < -0.3 is 10.4 Å². The van der Waals surface area contributed by atoms with Gasteiger partial charge in [-0.1, -0.05) is 20.8 Å². The van der Waals surface area contributed by atoms with Crippen molar-refractivity contribution in [2.24, 2.45) is 5.92 Å². The standard InChI is InChI=1S/C20H26F3N3O3S/c1-12(2)10-13(3)17-15(7-9-30-17)24-19(29)14-11-26(8-5-4-6-16(27)28)25-18(14)20(21,22)23/h7,9,11-13H,4-6,8,10H2,1-3H3,(H,24,29)(H,27,28). The van der Waals surface area contributed by atoms with E-state index < -0.39 is 29.3 Å². The molecule has 10 heteroatoms. The Morgan fingerprint density at radius 3 is 2.57 bits per heavy atom. The van der Waals surface area contributed by atoms with Gasteiger partial charge in [0, 0.05) is 24.0 Å². The van der Waals surface area contributed by atoms with E-state index in [1.807, 2.05) is 6.92 Å². The van der Waals surface area contributed by atoms with Crippen LogP contribution in [0.3, 0.4) is 0 Å². The first-order valence-electron chi connectivity index (χ1n) is 9.74. The third-order valence-corrected chi connectivity index (χ3v) is 5.67. The molecule has 0 aliphatic carbocycles. The number of carboxylic acid groups (broad SMARTS) is 1. The van der Waals surface area contributed by atoms with Gasteiger partial charge in [-0.25, -0.2) is 0 Å². The van der Waals surface area contributed by atoms with Crippen LogP contribution in [0.2, 0.25) is 0 Å². The second-order valence-corrected chi connectivity index (χ2v) is 8.63. The third-order valence-electron chi connectivity index (χ3n) is 4.52. The molecule has 0 spiro atoms. The fraction of sp³-hybridized carbons (Fsp3) is 0.550. The van der Waals surface area contributed by atoms with Crippen molar-refractivity contribution in [2.75, 3.05) is 5.32 Å². The molecule has 2 aromatic heterocycles. The minimum Gasteiger partial charge on any atom is -0.481 e. The molecule has 1 atom stereocenters. The molecule has 0 bridgehead atoms. The lowest BCUT2D eigenvalue weighted by molar-refractivity contribution is -0.141. The van der Waals surface area contributed by atoms with Crippen molar-refractivity contribution < 1.29 is 27.9 Å². The molecule has 1 unspecified atom stereocenters. The van der Waals surface area contributed by atoms with Crippen molar-refractivity contribution in [3.05, 3.63) is 33.8 Å². The van der Waals surface area contributed by atoms with Gasteiger partial charge in [-0.05, 0) is 42.5 Å². The van der Waals surface area contributed by atoms with Crippen LogP contribution in [0.5, 0.6) is 0 Å². The number of aromatic nitrogens is 2. The molecule has 0 aromatic carbocycles. The van der Waals surface area contributed by atoms with Crippen molar-refractivity contribution in [3.63, 3.8) is 0 Å². The van der Waals surface area contributed by atoms with Crippen molar-refractivity contribution in [3.8, 4) is 0 Å². The summed E-state index contributed by atoms with van der Waals surface area (Å²) in [7, 11) is 0. The Morgan fingerprint density at radius 2 is 1.97 bits per heavy atom. The van der Waals surface area contributed by atoms with E-state index in [1.54, 1.807) is 11.4 Å². The minimum absolute atomic E-state index is 0.0732. The molecule has 0 aliphatic heterocycles. The number of carbonyl (C=O) groups is 2. The number of halogens is 3. The molecule has 30 heavy (non-hydrogen) atoms. The first-order chi connectivity index (χ1) is 14.0. The quantitative estimate of drug-likeness (QED) is 0.465. The number of alkyl halides is 3. The molecule has 0 saturated carbocycles. The van der Waals surface area contributed by atoms with Crippen LogP contribution in [0.4, 0.5) is 18.9 Å². The summed E-state index contributed by atoms with van der Waals surface area (Å²) in [4.78, 5) is 24.1. The number of unbranched alkanes of at least 4 members (excludes halogenated alkanes) is 1. The first-order valence-corrected chi connectivity index (χ1v) is 10.6. The summed E-state index contributed by atoms with van der Waals surface area (Å²) in [6.45, 7) is 6.29. The van der Waals surface area contributed by atoms with Gasteiger partial charge in [0.25, 0.3) is 5.91 Å². The smallest absolute Gasteiger partial charge is 0.435 e. The molecule has 6 nitrogen and oxygen atoms in total. The van der Waals surface area contributed by atoms with Gasteiger partial charge in [-0.2, -0.15) is 18.3 Å². The maximum atomic E-state index is 13.4. The number of nitrogens with zero attached hydrogens (tertiary/aromatic N) is 2. The lowest BCUT2D eigenvalue weighted by Gasteiger charge is -2.15. The number of thiophene rings is 1. The van der Waals surface area contributed by atoms with Crippen molar-refractivity contribution in [1.29, 1.82) is 0 Å². The number of nitrogens with one attached hydrogen (secondary N) is 1. The van der Waals surface area contributed by atoms with E-state index in [0.29, 0.717) is 24.4 Å². The molecule has 0 radical (unpaired) electrons. The summed E-state index contributed by atoms with van der Waals surface area (Å²) in [6.07, 6.45) is -2.23. The van der Waals surface area contributed by atoms with Crippen molar-refractivity contribution >= 4 is 28.9 Å². The Kier molecular flexibility index (Phi) is 8.05. The summed E-state index contributed by atoms with van der Waals surface area (Å²) >= 11 is 1.46. The summed E-state index contributed by atoms with van der Waals surface area (Å²) in [5.74, 6) is -1.22. The Balaban J connectivity index is 2.18. The number of hydrogen-bond acceptors (Lipinski definition) is 4. The highest BCUT2D eigenvalue weighted by Gasteiger charge is 2.39. The van der Waals surface area contributed by atoms with Gasteiger partial charge in [-0.3, -0.25) is 14.3 Å². The predicted octanol–water partition coefficient (Wildman–Crippen LogP) is 5.62. The summed E-state index contributed by atoms with van der Waals surface area (Å²) in [5.41, 5.74) is -1.28. The van der Waals surface area contributed by atoms with E-state index >= 15 is 0 Å². The number of carbonyl (C=O) groups excluding carboxylic acids is 1. The van der Waals surface area contributed by atoms with Gasteiger partial charge in [0.1, 0.15) is 0 Å². The Bertz CT molecular complexity index is 874. The number of rotatable bonds is 10. The molecule has 0 saturated heterocycles. The molecular formula is C20H26F3N3O3S. The van der Waals surface area contributed by atoms with E-state index in [2.05, 4.69) is 24.3 Å². The summed E-state index contributed by atoms with van der Waals surface area (Å²) in [6, 6.07) is 1.69. The molecule has 0 aliphatic rings. The van der Waals surface area contributed by atoms with E-state index in [0.717, 1.165) is 22.2 Å². The van der Waals surface area contributed by atoms with Gasteiger partial charge in [-0.15, -0.1) is 11.3 Å². The molecule has 1 amide bonds. The van der Waals surface area contributed by atoms with Crippen LogP contribution in [-0.2, 0) is 17.5 Å². The predicted molar refractivity (Wildman–Crippen MR) is 109 cm³/mol. The first kappa shape index (κ1) is 23.9. The SMILES string of the molecule is CC(C)CC(C)c1sccc1NC(=O)c1cn(CCCCC(=O)O)nc1C(F)(F)F. The Hall–Kier alpha value is -2.36. The Morgan fingerprint density at radius 1 is 1.27 bits per heavy atom. The van der Waals surface area contributed by atoms with E-state index in [4.69, 9.17) is 5.11 Å². The van der Waals surface area contributed by atoms with Crippen molar-refractivity contribution in [2.45, 2.75) is 65.1 Å². The molecule has 2 aromatic rings. The van der Waals surface area contributed by atoms with Crippen LogP contribution in [0.25, 0.3) is 0 Å². The van der Waals surface area contributed by atoms with Crippen LogP contribution >= 0.6 is 11.3 Å². The van der Waals surface area contributed by atoms with E-state index in [-0.39, 0.29) is 18.9 Å². The van der Waals surface area contributed by atoms with Crippen molar-refractivity contribution in [1.82, 2.24) is 9.78 Å². The molecule has 2 N–H and O–H groups in total. The van der Waals surface area contributed by atoms with Gasteiger partial charge in [0.05, 0.1) is 11.3 Å². The third kappa shape index (κ3) is 6.58. The zero-order chi connectivity index (χ0) is 22.5. The maximum absolute atomic E-state index is 13.4. The molecule has 166 valence electrons. The number of aliphatic carboxylic acids is 1. The molecule has 2 heterocycles. The zero-order valence-electron chi connectivity index (χ0n) is 17.1. The second-order valence-electron chi connectivity index (χ2n) is 7.69. The minimum atomic E-state index is -4.78. The summed E-state index contributed by atoms with van der Waals surface area (Å²) < 4.78 is 41.3. The average molecular weight is 446 g/mol. The highest BCUT2D eigenvalue weighted by atomic mass is 32.1. The Labute approximate surface area is 177 Å². The molecule has 2 rings (SSSR count). The topological polar surface area (TPSA) is 84.2 Å². The summed E-state index contributed by atoms with van der Waals surface area (Å²) in [5, 5.41) is 16.6. The van der Waals surface area contributed by atoms with Crippen LogP contribution in [0, 0.1) is 5.92 Å². The van der Waals surface area contributed by atoms with Crippen LogP contribution in [0.15, 0.2) is 17.6 Å². The highest BCUT2D eigenvalue weighted by Crippen LogP contribution is 2.35. The fourth-order valence-electron chi connectivity index (χ4n) is 3.27. The number of hydrogen-bond donors (Lipinski definition) is 2. The van der Waals surface area contributed by atoms with Crippen LogP contribution in [0.1, 0.15) is 73.3 Å². The van der Waals surface area contributed by atoms with E-state index in [9.17, 15) is 22.8 Å². The largest absolute Gasteiger partial charge is 0.481 e. The van der Waals surface area contributed by atoms with Gasteiger partial charge in [0.15, 0.2) is 5.69 Å². The fourth-order valence-corrected chi connectivity index (χ4v) is 4.20. The maximum Gasteiger partial charge on any atom is 0.435 e.